The lowest BCUT2D eigenvalue weighted by Crippen LogP contribution is -2.42. The first-order chi connectivity index (χ1) is 18.6. The van der Waals surface area contributed by atoms with Gasteiger partial charge in [0, 0.05) is 29.6 Å². The molecule has 0 spiro atoms. The zero-order valence-electron chi connectivity index (χ0n) is 21.4. The number of carbonyl (C=O) groups is 1. The summed E-state index contributed by atoms with van der Waals surface area (Å²) in [5, 5.41) is 9.86. The van der Waals surface area contributed by atoms with Crippen LogP contribution in [0.1, 0.15) is 43.8 Å². The van der Waals surface area contributed by atoms with Gasteiger partial charge in [0.05, 0.1) is 25.2 Å². The Balaban J connectivity index is 1.39. The third kappa shape index (κ3) is 6.76. The summed E-state index contributed by atoms with van der Waals surface area (Å²) < 4.78 is 81.3. The number of piperidine rings is 1. The Kier molecular flexibility index (Phi) is 8.89. The largest absolute Gasteiger partial charge is 0.497 e. The number of methoxy groups -OCH3 is 1. The minimum atomic E-state index is -1.68. The van der Waals surface area contributed by atoms with Crippen LogP contribution in [0.5, 0.6) is 11.5 Å². The zero-order valence-corrected chi connectivity index (χ0v) is 21.4. The van der Waals surface area contributed by atoms with Gasteiger partial charge in [0.25, 0.3) is 0 Å². The maximum absolute atomic E-state index is 15.6. The molecule has 0 amide bonds. The van der Waals surface area contributed by atoms with Gasteiger partial charge in [0.1, 0.15) is 30.2 Å². The van der Waals surface area contributed by atoms with E-state index in [1.54, 1.807) is 12.1 Å². The number of fused-ring (bicyclic) bond motifs is 1. The summed E-state index contributed by atoms with van der Waals surface area (Å²) in [5.74, 6) is -5.32. The van der Waals surface area contributed by atoms with Gasteiger partial charge in [-0.15, -0.1) is 0 Å². The Hall–Kier alpha value is -3.47. The molecule has 1 N–H and O–H groups in total. The predicted molar refractivity (Wildman–Crippen MR) is 134 cm³/mol. The molecule has 1 aliphatic rings. The maximum Gasteiger partial charge on any atom is 0.303 e. The molecule has 6 nitrogen and oxygen atoms in total. The molecular formula is C28H29F5N2O4. The fourth-order valence-electron chi connectivity index (χ4n) is 5.22. The summed E-state index contributed by atoms with van der Waals surface area (Å²) >= 11 is 0. The second kappa shape index (κ2) is 12.1. The zero-order chi connectivity index (χ0) is 28.2. The Morgan fingerprint density at radius 2 is 1.79 bits per heavy atom. The highest BCUT2D eigenvalue weighted by atomic mass is 19.2. The number of benzene rings is 2. The van der Waals surface area contributed by atoms with Crippen molar-refractivity contribution in [2.24, 2.45) is 5.41 Å². The highest BCUT2D eigenvalue weighted by Crippen LogP contribution is 2.43. The minimum absolute atomic E-state index is 0.0597. The van der Waals surface area contributed by atoms with Gasteiger partial charge in [0.15, 0.2) is 17.4 Å². The Morgan fingerprint density at radius 1 is 1.10 bits per heavy atom. The average Bonchev–Trinajstić information content (AvgIpc) is 2.89. The molecule has 4 rings (SSSR count). The molecule has 1 aliphatic heterocycles. The standard InChI is InChI=1S/C28H29F5N2O4/c1-38-18-2-3-24-19(14-18)26(23(33)16-34-24)20(30)4-5-28(15-25(36)37)6-8-35(9-7-28)10-11-39-27-21(31)12-17(29)13-22(27)32/h2-3,12-14,16,20H,4-11,15H2,1H3,(H,36,37)/t20-/m1/s1. The number of hydrogen-bond acceptors (Lipinski definition) is 5. The molecule has 0 radical (unpaired) electrons. The van der Waals surface area contributed by atoms with Crippen LogP contribution < -0.4 is 9.47 Å². The minimum Gasteiger partial charge on any atom is -0.497 e. The molecule has 1 fully saturated rings. The quantitative estimate of drug-likeness (QED) is 0.285. The van der Waals surface area contributed by atoms with Crippen molar-refractivity contribution in [3.63, 3.8) is 0 Å². The van der Waals surface area contributed by atoms with Gasteiger partial charge in [-0.1, -0.05) is 0 Å². The van der Waals surface area contributed by atoms with Crippen molar-refractivity contribution in [2.75, 3.05) is 33.4 Å². The van der Waals surface area contributed by atoms with Crippen LogP contribution in [-0.4, -0.2) is 54.3 Å². The molecule has 2 aromatic carbocycles. The number of ether oxygens (including phenoxy) is 2. The Bertz CT molecular complexity index is 1310. The molecule has 210 valence electrons. The number of alkyl halides is 1. The number of aliphatic carboxylic acids is 1. The molecule has 0 bridgehead atoms. The molecule has 1 atom stereocenters. The summed E-state index contributed by atoms with van der Waals surface area (Å²) in [6.07, 6.45) is 0.172. The average molecular weight is 553 g/mol. The lowest BCUT2D eigenvalue weighted by Gasteiger charge is -2.41. The smallest absolute Gasteiger partial charge is 0.303 e. The van der Waals surface area contributed by atoms with Gasteiger partial charge in [-0.25, -0.2) is 22.0 Å². The van der Waals surface area contributed by atoms with E-state index in [1.165, 1.54) is 13.2 Å². The number of carboxylic acids is 1. The number of nitrogens with zero attached hydrogens (tertiary/aromatic N) is 2. The van der Waals surface area contributed by atoms with Gasteiger partial charge >= 0.3 is 5.97 Å². The Morgan fingerprint density at radius 3 is 2.44 bits per heavy atom. The first-order valence-electron chi connectivity index (χ1n) is 12.6. The van der Waals surface area contributed by atoms with E-state index in [2.05, 4.69) is 4.98 Å². The second-order valence-electron chi connectivity index (χ2n) is 9.87. The van der Waals surface area contributed by atoms with Crippen LogP contribution in [0.25, 0.3) is 10.9 Å². The van der Waals surface area contributed by atoms with Gasteiger partial charge in [-0.2, -0.15) is 0 Å². The lowest BCUT2D eigenvalue weighted by atomic mass is 9.71. The predicted octanol–water partition coefficient (Wildman–Crippen LogP) is 6.23. The molecule has 1 aromatic heterocycles. The monoisotopic (exact) mass is 552 g/mol. The van der Waals surface area contributed by atoms with E-state index >= 15 is 4.39 Å². The summed E-state index contributed by atoms with van der Waals surface area (Å²) in [5.41, 5.74) is -0.398. The number of hydrogen-bond donors (Lipinski definition) is 1. The number of halogens is 5. The fourth-order valence-corrected chi connectivity index (χ4v) is 5.22. The molecule has 39 heavy (non-hydrogen) atoms. The maximum atomic E-state index is 15.6. The van der Waals surface area contributed by atoms with Crippen LogP contribution in [-0.2, 0) is 4.79 Å². The molecule has 2 heterocycles. The third-order valence-corrected chi connectivity index (χ3v) is 7.37. The first-order valence-corrected chi connectivity index (χ1v) is 12.6. The van der Waals surface area contributed by atoms with Gasteiger partial charge in [-0.05, 0) is 62.4 Å². The van der Waals surface area contributed by atoms with Crippen molar-refractivity contribution >= 4 is 16.9 Å². The molecule has 1 saturated heterocycles. The van der Waals surface area contributed by atoms with E-state index < -0.39 is 46.6 Å². The van der Waals surface area contributed by atoms with Crippen LogP contribution in [0.2, 0.25) is 0 Å². The summed E-state index contributed by atoms with van der Waals surface area (Å²) in [7, 11) is 1.45. The van der Waals surface area contributed by atoms with Crippen molar-refractivity contribution in [1.29, 1.82) is 0 Å². The van der Waals surface area contributed by atoms with Gasteiger partial charge in [0.2, 0.25) is 0 Å². The van der Waals surface area contributed by atoms with E-state index in [1.807, 2.05) is 4.90 Å². The van der Waals surface area contributed by atoms with Crippen LogP contribution in [0.15, 0.2) is 36.5 Å². The van der Waals surface area contributed by atoms with Crippen LogP contribution in [0.3, 0.4) is 0 Å². The van der Waals surface area contributed by atoms with E-state index in [9.17, 15) is 27.5 Å². The molecule has 3 aromatic rings. The van der Waals surface area contributed by atoms with E-state index in [0.29, 0.717) is 61.3 Å². The van der Waals surface area contributed by atoms with Gasteiger partial charge in [-0.3, -0.25) is 14.7 Å². The van der Waals surface area contributed by atoms with Crippen molar-refractivity contribution in [2.45, 2.75) is 38.3 Å². The van der Waals surface area contributed by atoms with Crippen LogP contribution in [0.4, 0.5) is 22.0 Å². The molecule has 0 saturated carbocycles. The number of rotatable bonds is 11. The Labute approximate surface area is 222 Å². The molecule has 0 aliphatic carbocycles. The van der Waals surface area contributed by atoms with Crippen molar-refractivity contribution in [3.05, 3.63) is 65.4 Å². The topological polar surface area (TPSA) is 71.9 Å². The number of carboxylic acid groups (broad SMARTS) is 1. The third-order valence-electron chi connectivity index (χ3n) is 7.37. The van der Waals surface area contributed by atoms with E-state index in [-0.39, 0.29) is 31.4 Å². The summed E-state index contributed by atoms with van der Waals surface area (Å²) in [4.78, 5) is 17.6. The lowest BCUT2D eigenvalue weighted by molar-refractivity contribution is -0.141. The summed E-state index contributed by atoms with van der Waals surface area (Å²) in [6, 6.07) is 5.87. The molecular weight excluding hydrogens is 523 g/mol. The fraction of sp³-hybridized carbons (Fsp3) is 0.429. The van der Waals surface area contributed by atoms with Crippen molar-refractivity contribution in [1.82, 2.24) is 9.88 Å². The normalized spacial score (nSPS) is 16.3. The van der Waals surface area contributed by atoms with Crippen LogP contribution >= 0.6 is 0 Å². The van der Waals surface area contributed by atoms with Crippen molar-refractivity contribution < 1.29 is 41.3 Å². The van der Waals surface area contributed by atoms with Crippen LogP contribution in [0, 0.1) is 28.7 Å². The van der Waals surface area contributed by atoms with E-state index in [4.69, 9.17) is 9.47 Å². The SMILES string of the molecule is COc1ccc2ncc(F)c([C@H](F)CCC3(CC(=O)O)CCN(CCOc4c(F)cc(F)cc4F)CC3)c2c1. The number of likely N-dealkylation sites (tertiary alicyclic amines) is 1. The highest BCUT2D eigenvalue weighted by Gasteiger charge is 2.37. The molecule has 0 unspecified atom stereocenters. The second-order valence-corrected chi connectivity index (χ2v) is 9.87. The highest BCUT2D eigenvalue weighted by molar-refractivity contribution is 5.84. The number of aromatic nitrogens is 1. The number of pyridine rings is 1. The molecule has 11 heteroatoms. The van der Waals surface area contributed by atoms with Crippen molar-refractivity contribution in [3.8, 4) is 11.5 Å². The van der Waals surface area contributed by atoms with E-state index in [0.717, 1.165) is 6.20 Å². The first kappa shape index (κ1) is 28.5. The van der Waals surface area contributed by atoms with Gasteiger partial charge < -0.3 is 14.6 Å². The summed E-state index contributed by atoms with van der Waals surface area (Å²) in [6.45, 7) is 1.18.